The van der Waals surface area contributed by atoms with Gasteiger partial charge in [0.2, 0.25) is 11.7 Å². The summed E-state index contributed by atoms with van der Waals surface area (Å²) in [6.07, 6.45) is 2.46. The fourth-order valence-electron chi connectivity index (χ4n) is 5.02. The van der Waals surface area contributed by atoms with Gasteiger partial charge in [0.25, 0.3) is 11.8 Å². The SMILES string of the molecule is COc1cc(C(=O)NC(=NC(=O)O)N(c2ccc(C)c(NC(=O)c3ccc(C=Cc4ccccc4)cc3)c2)C(C)(C)C)cc(OC)c1OC. The predicted molar refractivity (Wildman–Crippen MR) is 192 cm³/mol. The van der Waals surface area contributed by atoms with Gasteiger partial charge in [0.05, 0.1) is 21.3 Å². The van der Waals surface area contributed by atoms with Crippen LogP contribution in [-0.2, 0) is 0 Å². The molecule has 254 valence electrons. The van der Waals surface area contributed by atoms with Gasteiger partial charge >= 0.3 is 6.09 Å². The van der Waals surface area contributed by atoms with E-state index in [0.717, 1.165) is 16.7 Å². The molecule has 0 heterocycles. The summed E-state index contributed by atoms with van der Waals surface area (Å²) in [6.45, 7) is 7.35. The van der Waals surface area contributed by atoms with Crippen molar-refractivity contribution in [3.05, 3.63) is 113 Å². The van der Waals surface area contributed by atoms with Gasteiger partial charge in [0.15, 0.2) is 11.5 Å². The van der Waals surface area contributed by atoms with Crippen LogP contribution in [-0.4, -0.2) is 55.8 Å². The fraction of sp³-hybridized carbons (Fsp3) is 0.211. The molecule has 0 aromatic heterocycles. The first-order valence-corrected chi connectivity index (χ1v) is 15.3. The number of hydrogen-bond acceptors (Lipinski definition) is 6. The Bertz CT molecular complexity index is 1850. The van der Waals surface area contributed by atoms with Gasteiger partial charge in [0, 0.05) is 28.0 Å². The molecule has 0 unspecified atom stereocenters. The van der Waals surface area contributed by atoms with Gasteiger partial charge in [0.1, 0.15) is 0 Å². The Labute approximate surface area is 285 Å². The molecule has 3 N–H and O–H groups in total. The summed E-state index contributed by atoms with van der Waals surface area (Å²) in [4.78, 5) is 44.2. The van der Waals surface area contributed by atoms with Gasteiger partial charge in [-0.3, -0.25) is 14.9 Å². The molecule has 49 heavy (non-hydrogen) atoms. The molecular weight excluding hydrogens is 624 g/mol. The number of carboxylic acid groups (broad SMARTS) is 1. The Morgan fingerprint density at radius 1 is 0.755 bits per heavy atom. The summed E-state index contributed by atoms with van der Waals surface area (Å²) >= 11 is 0. The number of aryl methyl sites for hydroxylation is 1. The first-order valence-electron chi connectivity index (χ1n) is 15.3. The smallest absolute Gasteiger partial charge is 0.434 e. The molecule has 0 saturated carbocycles. The number of carbonyl (C=O) groups excluding carboxylic acids is 2. The van der Waals surface area contributed by atoms with E-state index in [2.05, 4.69) is 15.6 Å². The zero-order valence-corrected chi connectivity index (χ0v) is 28.5. The minimum atomic E-state index is -1.52. The van der Waals surface area contributed by atoms with Crippen LogP contribution in [0.25, 0.3) is 12.2 Å². The van der Waals surface area contributed by atoms with E-state index in [1.807, 2.05) is 82.3 Å². The van der Waals surface area contributed by atoms with Gasteiger partial charge in [-0.25, -0.2) is 4.79 Å². The lowest BCUT2D eigenvalue weighted by molar-refractivity contribution is 0.0974. The topological polar surface area (TPSA) is 139 Å². The van der Waals surface area contributed by atoms with Crippen LogP contribution in [0.4, 0.5) is 16.2 Å². The minimum Gasteiger partial charge on any atom is -0.493 e. The molecule has 0 aliphatic rings. The number of ether oxygens (including phenoxy) is 3. The number of anilines is 2. The van der Waals surface area contributed by atoms with E-state index in [4.69, 9.17) is 14.2 Å². The van der Waals surface area contributed by atoms with E-state index >= 15 is 0 Å². The lowest BCUT2D eigenvalue weighted by atomic mass is 10.0. The summed E-state index contributed by atoms with van der Waals surface area (Å²) in [5, 5.41) is 15.3. The van der Waals surface area contributed by atoms with Crippen LogP contribution < -0.4 is 29.7 Å². The zero-order chi connectivity index (χ0) is 35.7. The van der Waals surface area contributed by atoms with E-state index in [1.165, 1.54) is 33.5 Å². The summed E-state index contributed by atoms with van der Waals surface area (Å²) < 4.78 is 16.1. The van der Waals surface area contributed by atoms with Crippen LogP contribution in [0.15, 0.2) is 89.9 Å². The number of nitrogens with zero attached hydrogens (tertiary/aromatic N) is 2. The lowest BCUT2D eigenvalue weighted by Crippen LogP contribution is -2.53. The average Bonchev–Trinajstić information content (AvgIpc) is 3.07. The molecule has 0 saturated heterocycles. The Balaban J connectivity index is 1.63. The molecule has 0 aliphatic carbocycles. The zero-order valence-electron chi connectivity index (χ0n) is 28.5. The second kappa shape index (κ2) is 15.7. The third-order valence-electron chi connectivity index (χ3n) is 7.40. The lowest BCUT2D eigenvalue weighted by Gasteiger charge is -2.38. The van der Waals surface area contributed by atoms with Crippen molar-refractivity contribution in [2.75, 3.05) is 31.5 Å². The van der Waals surface area contributed by atoms with Crippen molar-refractivity contribution in [2.45, 2.75) is 33.2 Å². The van der Waals surface area contributed by atoms with Crippen molar-refractivity contribution in [3.8, 4) is 17.2 Å². The number of carbonyl (C=O) groups is 3. The molecule has 4 rings (SSSR count). The minimum absolute atomic E-state index is 0.111. The quantitative estimate of drug-likeness (QED) is 0.0949. The number of benzene rings is 4. The van der Waals surface area contributed by atoms with Crippen LogP contribution in [0.3, 0.4) is 0 Å². The van der Waals surface area contributed by atoms with E-state index in [0.29, 0.717) is 22.7 Å². The first-order chi connectivity index (χ1) is 23.3. The number of hydrogen-bond donors (Lipinski definition) is 3. The number of nitrogens with one attached hydrogen (secondary N) is 2. The van der Waals surface area contributed by atoms with Gasteiger partial charge in [-0.05, 0) is 80.8 Å². The molecule has 11 nitrogen and oxygen atoms in total. The standard InChI is InChI=1S/C38H40N4O7/c1-24-13-20-29(23-30(24)39-34(43)27-18-16-26(17-19-27)15-14-25-11-9-8-10-12-25)42(38(2,3)4)36(41-37(45)46)40-35(44)28-21-31(47-5)33(49-7)32(22-28)48-6/h8-23H,1-7H3,(H,39,43)(H,45,46)(H,40,41,44). The first kappa shape index (κ1) is 35.7. The second-order valence-electron chi connectivity index (χ2n) is 11.9. The van der Waals surface area contributed by atoms with Crippen molar-refractivity contribution in [1.82, 2.24) is 5.32 Å². The molecular formula is C38H40N4O7. The van der Waals surface area contributed by atoms with Crippen LogP contribution >= 0.6 is 0 Å². The number of guanidine groups is 1. The normalized spacial score (nSPS) is 11.5. The third-order valence-corrected chi connectivity index (χ3v) is 7.40. The highest BCUT2D eigenvalue weighted by Gasteiger charge is 2.30. The molecule has 0 aliphatic heterocycles. The van der Waals surface area contributed by atoms with Gasteiger partial charge < -0.3 is 29.5 Å². The number of rotatable bonds is 9. The molecule has 0 spiro atoms. The van der Waals surface area contributed by atoms with Crippen molar-refractivity contribution in [2.24, 2.45) is 4.99 Å². The predicted octanol–water partition coefficient (Wildman–Crippen LogP) is 7.51. The van der Waals surface area contributed by atoms with Crippen LogP contribution in [0.1, 0.15) is 58.2 Å². The summed E-state index contributed by atoms with van der Waals surface area (Å²) in [7, 11) is 4.29. The largest absolute Gasteiger partial charge is 0.493 e. The highest BCUT2D eigenvalue weighted by atomic mass is 16.5. The maximum atomic E-state index is 13.6. The van der Waals surface area contributed by atoms with E-state index in [1.54, 1.807) is 35.2 Å². The molecule has 4 aromatic rings. The average molecular weight is 665 g/mol. The number of amides is 3. The fourth-order valence-corrected chi connectivity index (χ4v) is 5.02. The van der Waals surface area contributed by atoms with Crippen LogP contribution in [0.5, 0.6) is 17.2 Å². The highest BCUT2D eigenvalue weighted by molar-refractivity contribution is 6.14. The highest BCUT2D eigenvalue weighted by Crippen LogP contribution is 2.38. The van der Waals surface area contributed by atoms with Crippen molar-refractivity contribution >= 4 is 47.4 Å². The molecule has 0 atom stereocenters. The molecule has 3 amide bonds. The Hall–Kier alpha value is -6.10. The Kier molecular flexibility index (Phi) is 11.4. The van der Waals surface area contributed by atoms with Crippen LogP contribution in [0, 0.1) is 6.92 Å². The maximum Gasteiger partial charge on any atom is 0.434 e. The molecule has 4 aromatic carbocycles. The van der Waals surface area contributed by atoms with Crippen molar-refractivity contribution in [3.63, 3.8) is 0 Å². The van der Waals surface area contributed by atoms with Gasteiger partial charge in [-0.15, -0.1) is 4.99 Å². The Morgan fingerprint density at radius 3 is 1.88 bits per heavy atom. The van der Waals surface area contributed by atoms with E-state index < -0.39 is 17.5 Å². The maximum absolute atomic E-state index is 13.6. The summed E-state index contributed by atoms with van der Waals surface area (Å²) in [6, 6.07) is 25.3. The van der Waals surface area contributed by atoms with Crippen molar-refractivity contribution in [1.29, 1.82) is 0 Å². The molecule has 0 bridgehead atoms. The van der Waals surface area contributed by atoms with Crippen molar-refractivity contribution < 1.29 is 33.7 Å². The number of methoxy groups -OCH3 is 3. The molecule has 11 heteroatoms. The van der Waals surface area contributed by atoms with Crippen LogP contribution in [0.2, 0.25) is 0 Å². The summed E-state index contributed by atoms with van der Waals surface area (Å²) in [5.41, 5.74) is 3.53. The molecule has 0 radical (unpaired) electrons. The second-order valence-corrected chi connectivity index (χ2v) is 11.9. The van der Waals surface area contributed by atoms with E-state index in [-0.39, 0.29) is 28.9 Å². The third kappa shape index (κ3) is 9.04. The van der Waals surface area contributed by atoms with Gasteiger partial charge in [-0.1, -0.05) is 60.7 Å². The monoisotopic (exact) mass is 664 g/mol. The van der Waals surface area contributed by atoms with E-state index in [9.17, 15) is 19.5 Å². The number of aliphatic imine (C=N–C) groups is 1. The molecule has 0 fully saturated rings. The van der Waals surface area contributed by atoms with Gasteiger partial charge in [-0.2, -0.15) is 0 Å². The Morgan fingerprint density at radius 2 is 1.35 bits per heavy atom. The summed E-state index contributed by atoms with van der Waals surface area (Å²) in [5.74, 6) is -0.462.